The van der Waals surface area contributed by atoms with Crippen LogP contribution in [-0.4, -0.2) is 48.3 Å². The van der Waals surface area contributed by atoms with E-state index in [-0.39, 0.29) is 0 Å². The van der Waals surface area contributed by atoms with E-state index < -0.39 is 51.9 Å². The van der Waals surface area contributed by atoms with Crippen molar-refractivity contribution in [2.24, 2.45) is 0 Å². The van der Waals surface area contributed by atoms with Crippen LogP contribution in [0, 0.1) is 0 Å². The zero-order valence-corrected chi connectivity index (χ0v) is 12.5. The zero-order chi connectivity index (χ0) is 18.0. The van der Waals surface area contributed by atoms with Gasteiger partial charge in [0.05, 0.1) is 13.0 Å². The van der Waals surface area contributed by atoms with Crippen LogP contribution >= 0.6 is 0 Å². The Balaban J connectivity index is 4.78. The van der Waals surface area contributed by atoms with Crippen molar-refractivity contribution in [1.82, 2.24) is 0 Å². The van der Waals surface area contributed by atoms with E-state index in [1.54, 1.807) is 0 Å². The largest absolute Gasteiger partial charge is 0.463 e. The SMILES string of the molecule is CC(=O)OC(C)(C)C(=O)OCCC(F)(F)C(F)(F)S(=O)(=O)O. The summed E-state index contributed by atoms with van der Waals surface area (Å²) >= 11 is 0. The summed E-state index contributed by atoms with van der Waals surface area (Å²) in [7, 11) is -6.35. The fraction of sp³-hybridized carbons (Fsp3) is 0.800. The minimum atomic E-state index is -6.35. The van der Waals surface area contributed by atoms with Crippen molar-refractivity contribution in [2.45, 2.75) is 44.0 Å². The second kappa shape index (κ2) is 6.36. The molecule has 0 rings (SSSR count). The van der Waals surface area contributed by atoms with Gasteiger partial charge in [-0.3, -0.25) is 9.35 Å². The summed E-state index contributed by atoms with van der Waals surface area (Å²) in [6, 6.07) is 0. The van der Waals surface area contributed by atoms with Gasteiger partial charge in [-0.1, -0.05) is 0 Å². The first-order chi connectivity index (χ1) is 9.54. The lowest BCUT2D eigenvalue weighted by atomic mass is 10.1. The molecule has 0 aliphatic carbocycles. The molecule has 0 spiro atoms. The maximum atomic E-state index is 13.1. The molecule has 0 aromatic heterocycles. The highest BCUT2D eigenvalue weighted by molar-refractivity contribution is 7.87. The molecule has 22 heavy (non-hydrogen) atoms. The molecule has 130 valence electrons. The summed E-state index contributed by atoms with van der Waals surface area (Å²) in [5.41, 5.74) is -1.84. The Morgan fingerprint density at radius 3 is 1.95 bits per heavy atom. The Kier molecular flexibility index (Phi) is 5.95. The van der Waals surface area contributed by atoms with Gasteiger partial charge in [0.1, 0.15) is 0 Å². The maximum absolute atomic E-state index is 13.1. The van der Waals surface area contributed by atoms with E-state index in [1.165, 1.54) is 0 Å². The predicted octanol–water partition coefficient (Wildman–Crippen LogP) is 1.38. The molecule has 0 aliphatic heterocycles. The topological polar surface area (TPSA) is 107 Å². The molecule has 7 nitrogen and oxygen atoms in total. The smallest absolute Gasteiger partial charge is 0.431 e. The standard InChI is InChI=1S/C10H14F4O7S/c1-6(15)21-8(2,3)7(16)20-5-4-9(11,12)10(13,14)22(17,18)19/h4-5H2,1-3H3,(H,17,18,19). The minimum absolute atomic E-state index is 0.870. The van der Waals surface area contributed by atoms with E-state index in [0.29, 0.717) is 0 Å². The number of ether oxygens (including phenoxy) is 2. The Labute approximate surface area is 123 Å². The molecular weight excluding hydrogens is 340 g/mol. The van der Waals surface area contributed by atoms with Gasteiger partial charge in [-0.25, -0.2) is 4.79 Å². The molecule has 0 heterocycles. The predicted molar refractivity (Wildman–Crippen MR) is 62.9 cm³/mol. The highest BCUT2D eigenvalue weighted by Gasteiger charge is 2.65. The lowest BCUT2D eigenvalue weighted by molar-refractivity contribution is -0.186. The molecule has 0 aromatic carbocycles. The first kappa shape index (κ1) is 20.6. The van der Waals surface area contributed by atoms with Crippen molar-refractivity contribution in [2.75, 3.05) is 6.61 Å². The average Bonchev–Trinajstić information content (AvgIpc) is 2.24. The molecule has 0 radical (unpaired) electrons. The molecule has 0 saturated heterocycles. The van der Waals surface area contributed by atoms with E-state index in [9.17, 15) is 35.6 Å². The quantitative estimate of drug-likeness (QED) is 0.418. The summed E-state index contributed by atoms with van der Waals surface area (Å²) in [6.45, 7) is 1.82. The number of carbonyl (C=O) groups is 2. The zero-order valence-electron chi connectivity index (χ0n) is 11.7. The van der Waals surface area contributed by atoms with Crippen LogP contribution in [0.3, 0.4) is 0 Å². The molecule has 0 fully saturated rings. The molecule has 0 aliphatic rings. The van der Waals surface area contributed by atoms with Crippen molar-refractivity contribution < 1.29 is 49.6 Å². The van der Waals surface area contributed by atoms with Gasteiger partial charge in [-0.15, -0.1) is 0 Å². The van der Waals surface area contributed by atoms with Gasteiger partial charge in [-0.05, 0) is 13.8 Å². The lowest BCUT2D eigenvalue weighted by Gasteiger charge is -2.25. The van der Waals surface area contributed by atoms with Crippen LogP contribution in [0.5, 0.6) is 0 Å². The average molecular weight is 354 g/mol. The number of hydrogen-bond acceptors (Lipinski definition) is 6. The van der Waals surface area contributed by atoms with Gasteiger partial charge in [0.25, 0.3) is 0 Å². The summed E-state index contributed by atoms with van der Waals surface area (Å²) in [4.78, 5) is 22.1. The summed E-state index contributed by atoms with van der Waals surface area (Å²) < 4.78 is 89.2. The Morgan fingerprint density at radius 1 is 1.14 bits per heavy atom. The first-order valence-electron chi connectivity index (χ1n) is 5.64. The van der Waals surface area contributed by atoms with Crippen LogP contribution in [0.2, 0.25) is 0 Å². The number of alkyl halides is 4. The molecule has 0 amide bonds. The van der Waals surface area contributed by atoms with E-state index in [1.807, 2.05) is 0 Å². The van der Waals surface area contributed by atoms with Crippen LogP contribution < -0.4 is 0 Å². The molecule has 0 atom stereocenters. The third kappa shape index (κ3) is 4.80. The van der Waals surface area contributed by atoms with Crippen LogP contribution in [0.25, 0.3) is 0 Å². The maximum Gasteiger partial charge on any atom is 0.431 e. The van der Waals surface area contributed by atoms with Gasteiger partial charge in [0, 0.05) is 6.92 Å². The summed E-state index contributed by atoms with van der Waals surface area (Å²) in [6.07, 6.45) is -1.87. The van der Waals surface area contributed by atoms with Gasteiger partial charge < -0.3 is 9.47 Å². The van der Waals surface area contributed by atoms with Gasteiger partial charge in [0.15, 0.2) is 0 Å². The molecule has 12 heteroatoms. The van der Waals surface area contributed by atoms with Crippen molar-refractivity contribution in [3.8, 4) is 0 Å². The molecule has 0 bridgehead atoms. The number of esters is 2. The number of halogens is 4. The first-order valence-corrected chi connectivity index (χ1v) is 7.08. The van der Waals surface area contributed by atoms with Crippen molar-refractivity contribution in [3.63, 3.8) is 0 Å². The number of rotatable bonds is 7. The lowest BCUT2D eigenvalue weighted by Crippen LogP contribution is -2.47. The molecule has 0 aromatic rings. The van der Waals surface area contributed by atoms with E-state index in [0.717, 1.165) is 20.8 Å². The second-order valence-corrected chi connectivity index (χ2v) is 6.15. The van der Waals surface area contributed by atoms with Crippen LogP contribution in [-0.2, 0) is 29.2 Å². The highest BCUT2D eigenvalue weighted by atomic mass is 32.2. The fourth-order valence-electron chi connectivity index (χ4n) is 1.18. The molecule has 1 N–H and O–H groups in total. The normalized spacial score (nSPS) is 13.6. The summed E-state index contributed by atoms with van der Waals surface area (Å²) in [5.74, 6) is -7.34. The van der Waals surface area contributed by atoms with Crippen LogP contribution in [0.15, 0.2) is 0 Å². The van der Waals surface area contributed by atoms with Crippen molar-refractivity contribution in [1.29, 1.82) is 0 Å². The van der Waals surface area contributed by atoms with Gasteiger partial charge in [0.2, 0.25) is 5.60 Å². The number of hydrogen-bond donors (Lipinski definition) is 1. The molecule has 0 saturated carbocycles. The van der Waals surface area contributed by atoms with E-state index in [4.69, 9.17) is 4.55 Å². The fourth-order valence-corrected chi connectivity index (χ4v) is 1.66. The van der Waals surface area contributed by atoms with Crippen LogP contribution in [0.4, 0.5) is 17.6 Å². The van der Waals surface area contributed by atoms with Crippen LogP contribution in [0.1, 0.15) is 27.2 Å². The minimum Gasteiger partial charge on any atom is -0.463 e. The third-order valence-corrected chi connectivity index (χ3v) is 3.24. The Hall–Kier alpha value is -1.43. The third-order valence-electron chi connectivity index (χ3n) is 2.29. The van der Waals surface area contributed by atoms with E-state index >= 15 is 0 Å². The van der Waals surface area contributed by atoms with Gasteiger partial charge >= 0.3 is 33.2 Å². The Morgan fingerprint density at radius 2 is 1.59 bits per heavy atom. The molecular formula is C10H14F4O7S. The second-order valence-electron chi connectivity index (χ2n) is 4.69. The van der Waals surface area contributed by atoms with Crippen molar-refractivity contribution in [3.05, 3.63) is 0 Å². The van der Waals surface area contributed by atoms with Crippen molar-refractivity contribution >= 4 is 22.1 Å². The van der Waals surface area contributed by atoms with E-state index in [2.05, 4.69) is 9.47 Å². The monoisotopic (exact) mass is 354 g/mol. The molecule has 0 unspecified atom stereocenters. The Bertz CT molecular complexity index is 541. The van der Waals surface area contributed by atoms with Gasteiger partial charge in [-0.2, -0.15) is 26.0 Å². The highest BCUT2D eigenvalue weighted by Crippen LogP contribution is 2.40. The summed E-state index contributed by atoms with van der Waals surface area (Å²) in [5, 5.41) is -5.74. The number of carbonyl (C=O) groups excluding carboxylic acids is 2.